The van der Waals surface area contributed by atoms with Crippen LogP contribution in [0.25, 0.3) is 0 Å². The number of nitrogens with zero attached hydrogens (tertiary/aromatic N) is 1. The van der Waals surface area contributed by atoms with Gasteiger partial charge in [-0.2, -0.15) is 4.31 Å². The number of quaternary nitrogens is 1. The lowest BCUT2D eigenvalue weighted by Gasteiger charge is -2.34. The van der Waals surface area contributed by atoms with Gasteiger partial charge in [0.1, 0.15) is 12.6 Å². The number of piperazine rings is 1. The van der Waals surface area contributed by atoms with Crippen LogP contribution in [0.4, 0.5) is 0 Å². The second-order valence-electron chi connectivity index (χ2n) is 8.62. The third-order valence-electron chi connectivity index (χ3n) is 5.58. The van der Waals surface area contributed by atoms with Crippen molar-refractivity contribution in [2.45, 2.75) is 56.4 Å². The normalized spacial score (nSPS) is 23.9. The number of benzene rings is 1. The second-order valence-corrected chi connectivity index (χ2v) is 10.6. The van der Waals surface area contributed by atoms with E-state index in [0.29, 0.717) is 24.1 Å². The molecular weight excluding hydrogens is 348 g/mol. The van der Waals surface area contributed by atoms with Gasteiger partial charge in [-0.1, -0.05) is 32.9 Å². The third-order valence-corrected chi connectivity index (χ3v) is 7.49. The Hall–Kier alpha value is -0.950. The van der Waals surface area contributed by atoms with E-state index in [1.54, 1.807) is 16.4 Å². The molecule has 2 aliphatic rings. The molecule has 0 amide bonds. The molecule has 2 aliphatic heterocycles. The summed E-state index contributed by atoms with van der Waals surface area (Å²) in [6.07, 6.45) is 3.92. The lowest BCUT2D eigenvalue weighted by molar-refractivity contribution is -0.907. The summed E-state index contributed by atoms with van der Waals surface area (Å²) < 4.78 is 33.3. The minimum atomic E-state index is -3.39. The van der Waals surface area contributed by atoms with Crippen molar-refractivity contribution in [3.05, 3.63) is 29.8 Å². The van der Waals surface area contributed by atoms with E-state index >= 15 is 0 Å². The van der Waals surface area contributed by atoms with Crippen LogP contribution in [0.15, 0.2) is 29.2 Å². The Morgan fingerprint density at radius 1 is 1.12 bits per heavy atom. The number of ether oxygens (including phenoxy) is 1. The highest BCUT2D eigenvalue weighted by molar-refractivity contribution is 7.89. The summed E-state index contributed by atoms with van der Waals surface area (Å²) in [5.41, 5.74) is 1.18. The molecule has 0 aliphatic carbocycles. The largest absolute Gasteiger partial charge is 0.372 e. The number of hydrogen-bond acceptors (Lipinski definition) is 3. The molecule has 0 radical (unpaired) electrons. The van der Waals surface area contributed by atoms with Gasteiger partial charge < -0.3 is 9.64 Å². The molecule has 0 aromatic heterocycles. The van der Waals surface area contributed by atoms with Gasteiger partial charge in [-0.3, -0.25) is 0 Å². The molecule has 2 saturated heterocycles. The molecule has 0 spiro atoms. The maximum Gasteiger partial charge on any atom is 0.243 e. The molecule has 2 fully saturated rings. The van der Waals surface area contributed by atoms with Gasteiger partial charge in [-0.15, -0.1) is 0 Å². The molecular formula is C20H33N2O3S+. The third kappa shape index (κ3) is 4.66. The molecule has 0 unspecified atom stereocenters. The molecule has 2 heterocycles. The quantitative estimate of drug-likeness (QED) is 0.859. The average Bonchev–Trinajstić information content (AvgIpc) is 2.62. The van der Waals surface area contributed by atoms with E-state index in [4.69, 9.17) is 4.74 Å². The molecule has 1 N–H and O–H groups in total. The number of sulfonamides is 1. The van der Waals surface area contributed by atoms with Crippen molar-refractivity contribution in [3.8, 4) is 0 Å². The zero-order valence-corrected chi connectivity index (χ0v) is 17.1. The van der Waals surface area contributed by atoms with E-state index in [1.165, 1.54) is 17.7 Å². The summed E-state index contributed by atoms with van der Waals surface area (Å²) in [4.78, 5) is 1.87. The van der Waals surface area contributed by atoms with E-state index < -0.39 is 10.0 Å². The van der Waals surface area contributed by atoms with Gasteiger partial charge in [-0.05, 0) is 42.4 Å². The van der Waals surface area contributed by atoms with Crippen molar-refractivity contribution < 1.29 is 18.1 Å². The van der Waals surface area contributed by atoms with Crippen molar-refractivity contribution in [2.75, 3.05) is 39.3 Å². The van der Waals surface area contributed by atoms with Crippen LogP contribution >= 0.6 is 0 Å². The average molecular weight is 382 g/mol. The summed E-state index contributed by atoms with van der Waals surface area (Å²) in [7, 11) is -3.39. The number of hydrogen-bond donors (Lipinski definition) is 1. The standard InChI is InChI=1S/C20H32N2O3S/c1-20(2,3)17-7-9-19(10-8-17)26(23,24)22-13-11-21(12-14-22)16-18-6-4-5-15-25-18/h7-10,18H,4-6,11-16H2,1-3H3/p+1/t18-/m0/s1. The van der Waals surface area contributed by atoms with Crippen molar-refractivity contribution in [1.29, 1.82) is 0 Å². The summed E-state index contributed by atoms with van der Waals surface area (Å²) in [5.74, 6) is 0. The summed E-state index contributed by atoms with van der Waals surface area (Å²) in [5, 5.41) is 0. The first-order chi connectivity index (χ1) is 12.3. The Morgan fingerprint density at radius 2 is 1.77 bits per heavy atom. The highest BCUT2D eigenvalue weighted by Crippen LogP contribution is 2.24. The number of rotatable bonds is 4. The highest BCUT2D eigenvalue weighted by Gasteiger charge is 2.32. The molecule has 0 bridgehead atoms. The fraction of sp³-hybridized carbons (Fsp3) is 0.700. The fourth-order valence-corrected chi connectivity index (χ4v) is 5.25. The van der Waals surface area contributed by atoms with Gasteiger partial charge in [0.05, 0.1) is 31.1 Å². The molecule has 1 aromatic rings. The van der Waals surface area contributed by atoms with E-state index in [9.17, 15) is 8.42 Å². The van der Waals surface area contributed by atoms with Crippen molar-refractivity contribution in [1.82, 2.24) is 4.31 Å². The van der Waals surface area contributed by atoms with Crippen LogP contribution in [0.2, 0.25) is 0 Å². The molecule has 6 heteroatoms. The lowest BCUT2D eigenvalue weighted by atomic mass is 9.87. The monoisotopic (exact) mass is 381 g/mol. The summed E-state index contributed by atoms with van der Waals surface area (Å²) >= 11 is 0. The zero-order chi connectivity index (χ0) is 18.8. The van der Waals surface area contributed by atoms with Gasteiger partial charge in [0.2, 0.25) is 10.0 Å². The van der Waals surface area contributed by atoms with E-state index in [-0.39, 0.29) is 5.41 Å². The van der Waals surface area contributed by atoms with Gasteiger partial charge in [0.25, 0.3) is 0 Å². The van der Waals surface area contributed by atoms with Crippen molar-refractivity contribution >= 4 is 10.0 Å². The Balaban J connectivity index is 1.59. The fourth-order valence-electron chi connectivity index (χ4n) is 3.81. The molecule has 5 nitrogen and oxygen atoms in total. The van der Waals surface area contributed by atoms with Crippen LogP contribution in [0.3, 0.4) is 0 Å². The lowest BCUT2D eigenvalue weighted by Crippen LogP contribution is -3.15. The van der Waals surface area contributed by atoms with Crippen LogP contribution in [0.5, 0.6) is 0 Å². The van der Waals surface area contributed by atoms with Gasteiger partial charge in [0, 0.05) is 6.61 Å². The molecule has 1 atom stereocenters. The van der Waals surface area contributed by atoms with Gasteiger partial charge in [0.15, 0.2) is 0 Å². The maximum atomic E-state index is 12.9. The van der Waals surface area contributed by atoms with Crippen LogP contribution < -0.4 is 4.90 Å². The van der Waals surface area contributed by atoms with Crippen LogP contribution in [-0.4, -0.2) is 58.2 Å². The van der Waals surface area contributed by atoms with E-state index in [1.807, 2.05) is 12.1 Å². The van der Waals surface area contributed by atoms with Crippen molar-refractivity contribution in [2.24, 2.45) is 0 Å². The van der Waals surface area contributed by atoms with Crippen LogP contribution in [-0.2, 0) is 20.2 Å². The highest BCUT2D eigenvalue weighted by atomic mass is 32.2. The Bertz CT molecular complexity index is 681. The predicted molar refractivity (Wildman–Crippen MR) is 103 cm³/mol. The topological polar surface area (TPSA) is 51.0 Å². The van der Waals surface area contributed by atoms with Gasteiger partial charge >= 0.3 is 0 Å². The molecule has 146 valence electrons. The van der Waals surface area contributed by atoms with Crippen LogP contribution in [0, 0.1) is 0 Å². The minimum absolute atomic E-state index is 0.0263. The Labute approximate surface area is 158 Å². The first-order valence-electron chi connectivity index (χ1n) is 9.83. The second kappa shape index (κ2) is 7.97. The van der Waals surface area contributed by atoms with Crippen molar-refractivity contribution in [3.63, 3.8) is 0 Å². The summed E-state index contributed by atoms with van der Waals surface area (Å²) in [6.45, 7) is 11.2. The minimum Gasteiger partial charge on any atom is -0.372 e. The molecule has 3 rings (SSSR count). The first-order valence-corrected chi connectivity index (χ1v) is 11.3. The smallest absolute Gasteiger partial charge is 0.243 e. The van der Waals surface area contributed by atoms with Crippen LogP contribution in [0.1, 0.15) is 45.6 Å². The first kappa shape index (κ1) is 19.8. The molecule has 1 aromatic carbocycles. The van der Waals surface area contributed by atoms with Gasteiger partial charge in [-0.25, -0.2) is 8.42 Å². The predicted octanol–water partition coefficient (Wildman–Crippen LogP) is 1.44. The molecule has 0 saturated carbocycles. The zero-order valence-electron chi connectivity index (χ0n) is 16.3. The number of nitrogens with one attached hydrogen (secondary N) is 1. The Kier molecular flexibility index (Phi) is 6.07. The SMILES string of the molecule is CC(C)(C)c1ccc(S(=O)(=O)N2CC[NH+](C[C@@H]3CCCCO3)CC2)cc1. The molecule has 26 heavy (non-hydrogen) atoms. The summed E-state index contributed by atoms with van der Waals surface area (Å²) in [6, 6.07) is 7.39. The Morgan fingerprint density at radius 3 is 2.31 bits per heavy atom. The maximum absolute atomic E-state index is 12.9. The van der Waals surface area contributed by atoms with E-state index in [0.717, 1.165) is 38.2 Å². The van der Waals surface area contributed by atoms with E-state index in [2.05, 4.69) is 20.8 Å².